The number of rotatable bonds is 11. The molecular formula is C26H29N5O2S. The molecule has 4 aromatic rings. The summed E-state index contributed by atoms with van der Waals surface area (Å²) in [6, 6.07) is 26.3. The van der Waals surface area contributed by atoms with Crippen molar-refractivity contribution in [1.82, 2.24) is 19.7 Å². The van der Waals surface area contributed by atoms with Gasteiger partial charge in [-0.05, 0) is 49.6 Å². The van der Waals surface area contributed by atoms with Crippen molar-refractivity contribution >= 4 is 15.7 Å². The van der Waals surface area contributed by atoms with E-state index in [0.717, 1.165) is 29.8 Å². The van der Waals surface area contributed by atoms with E-state index in [0.29, 0.717) is 13.1 Å². The maximum atomic E-state index is 13.0. The predicted octanol–water partition coefficient (Wildman–Crippen LogP) is 3.83. The van der Waals surface area contributed by atoms with Gasteiger partial charge in [0.1, 0.15) is 0 Å². The summed E-state index contributed by atoms with van der Waals surface area (Å²) in [6.07, 6.45) is 3.53. The highest BCUT2D eigenvalue weighted by Crippen LogP contribution is 2.12. The van der Waals surface area contributed by atoms with Crippen molar-refractivity contribution in [3.8, 4) is 0 Å². The highest BCUT2D eigenvalue weighted by atomic mass is 32.2. The fourth-order valence-corrected chi connectivity index (χ4v) is 4.86. The van der Waals surface area contributed by atoms with Crippen LogP contribution < -0.4 is 10.0 Å². The molecule has 0 saturated carbocycles. The lowest BCUT2D eigenvalue weighted by Crippen LogP contribution is -2.42. The van der Waals surface area contributed by atoms with E-state index in [2.05, 4.69) is 32.5 Å². The normalized spacial score (nSPS) is 12.4. The van der Waals surface area contributed by atoms with Crippen LogP contribution >= 0.6 is 0 Å². The van der Waals surface area contributed by atoms with E-state index in [1.54, 1.807) is 28.9 Å². The average Bonchev–Trinajstić information content (AvgIpc) is 3.30. The zero-order valence-corrected chi connectivity index (χ0v) is 19.9. The predicted molar refractivity (Wildman–Crippen MR) is 134 cm³/mol. The molecule has 0 spiro atoms. The Labute approximate surface area is 200 Å². The van der Waals surface area contributed by atoms with Gasteiger partial charge < -0.3 is 5.32 Å². The Morgan fingerprint density at radius 3 is 2.26 bits per heavy atom. The summed E-state index contributed by atoms with van der Waals surface area (Å²) in [6.45, 7) is 2.67. The molecule has 1 atom stereocenters. The molecule has 0 amide bonds. The molecule has 1 aromatic heterocycles. The molecule has 176 valence electrons. The monoisotopic (exact) mass is 475 g/mol. The number of aryl methyl sites for hydroxylation is 3. The molecule has 0 bridgehead atoms. The summed E-state index contributed by atoms with van der Waals surface area (Å²) in [5.74, 6) is 0. The molecule has 0 fully saturated rings. The third-order valence-corrected chi connectivity index (χ3v) is 7.02. The van der Waals surface area contributed by atoms with Crippen LogP contribution in [0.1, 0.15) is 16.8 Å². The molecule has 0 saturated heterocycles. The molecule has 0 unspecified atom stereocenters. The Morgan fingerprint density at radius 2 is 1.56 bits per heavy atom. The van der Waals surface area contributed by atoms with Crippen molar-refractivity contribution in [2.24, 2.45) is 0 Å². The molecule has 8 heteroatoms. The molecule has 1 heterocycles. The standard InChI is InChI=1S/C26H29N5O2S/c1-21-12-16-26(17-13-21)34(32,33)29-25(18-27-23-10-6-3-7-11-23)20-31-19-24(28-30-31)15-14-22-8-4-2-5-9-22/h2-13,16-17,19,25,27,29H,14-15,18,20H2,1H3/t25-/m0/s1. The Kier molecular flexibility index (Phi) is 7.72. The minimum Gasteiger partial charge on any atom is -0.383 e. The average molecular weight is 476 g/mol. The van der Waals surface area contributed by atoms with Crippen LogP contribution in [0.25, 0.3) is 0 Å². The molecule has 3 aromatic carbocycles. The first-order valence-electron chi connectivity index (χ1n) is 11.3. The number of nitrogens with one attached hydrogen (secondary N) is 2. The third kappa shape index (κ3) is 6.76. The van der Waals surface area contributed by atoms with Gasteiger partial charge in [-0.2, -0.15) is 0 Å². The molecular weight excluding hydrogens is 446 g/mol. The summed E-state index contributed by atoms with van der Waals surface area (Å²) in [5, 5.41) is 11.8. The fraction of sp³-hybridized carbons (Fsp3) is 0.231. The van der Waals surface area contributed by atoms with Crippen molar-refractivity contribution in [2.75, 3.05) is 11.9 Å². The smallest absolute Gasteiger partial charge is 0.240 e. The Morgan fingerprint density at radius 1 is 0.882 bits per heavy atom. The summed E-state index contributed by atoms with van der Waals surface area (Å²) >= 11 is 0. The summed E-state index contributed by atoms with van der Waals surface area (Å²) in [5.41, 5.74) is 4.05. The van der Waals surface area contributed by atoms with Crippen molar-refractivity contribution in [1.29, 1.82) is 0 Å². The number of nitrogens with zero attached hydrogens (tertiary/aromatic N) is 3. The molecule has 0 aliphatic rings. The van der Waals surface area contributed by atoms with Gasteiger partial charge >= 0.3 is 0 Å². The van der Waals surface area contributed by atoms with Gasteiger partial charge in [-0.3, -0.25) is 4.68 Å². The van der Waals surface area contributed by atoms with Gasteiger partial charge in [0.15, 0.2) is 0 Å². The Hall–Kier alpha value is -3.49. The number of benzene rings is 3. The van der Waals surface area contributed by atoms with E-state index < -0.39 is 16.1 Å². The first-order chi connectivity index (χ1) is 16.5. The molecule has 7 nitrogen and oxygen atoms in total. The molecule has 2 N–H and O–H groups in total. The van der Waals surface area contributed by atoms with Crippen LogP contribution in [0.3, 0.4) is 0 Å². The zero-order chi connectivity index (χ0) is 23.8. The Bertz CT molecular complexity index is 1270. The van der Waals surface area contributed by atoms with E-state index in [9.17, 15) is 8.42 Å². The number of sulfonamides is 1. The number of hydrogen-bond acceptors (Lipinski definition) is 5. The van der Waals surface area contributed by atoms with Crippen LogP contribution in [0.4, 0.5) is 5.69 Å². The second-order valence-corrected chi connectivity index (χ2v) is 10.0. The Balaban J connectivity index is 1.45. The van der Waals surface area contributed by atoms with E-state index in [4.69, 9.17) is 0 Å². The van der Waals surface area contributed by atoms with Crippen molar-refractivity contribution in [2.45, 2.75) is 37.2 Å². The van der Waals surface area contributed by atoms with Crippen LogP contribution in [-0.2, 0) is 29.4 Å². The fourth-order valence-electron chi connectivity index (χ4n) is 3.63. The third-order valence-electron chi connectivity index (χ3n) is 5.49. The summed E-state index contributed by atoms with van der Waals surface area (Å²) < 4.78 is 30.6. The largest absolute Gasteiger partial charge is 0.383 e. The number of anilines is 1. The lowest BCUT2D eigenvalue weighted by molar-refractivity contribution is 0.474. The molecule has 4 rings (SSSR count). The van der Waals surface area contributed by atoms with Gasteiger partial charge in [-0.1, -0.05) is 71.4 Å². The molecule has 0 aliphatic carbocycles. The van der Waals surface area contributed by atoms with E-state index in [1.165, 1.54) is 5.56 Å². The van der Waals surface area contributed by atoms with Gasteiger partial charge in [0.2, 0.25) is 10.0 Å². The maximum Gasteiger partial charge on any atom is 0.240 e. The van der Waals surface area contributed by atoms with Crippen molar-refractivity contribution < 1.29 is 8.42 Å². The first-order valence-corrected chi connectivity index (χ1v) is 12.8. The topological polar surface area (TPSA) is 88.9 Å². The molecule has 0 radical (unpaired) electrons. The summed E-state index contributed by atoms with van der Waals surface area (Å²) in [7, 11) is -3.69. The van der Waals surface area contributed by atoms with Crippen LogP contribution in [-0.4, -0.2) is 36.0 Å². The molecule has 34 heavy (non-hydrogen) atoms. The first kappa shape index (κ1) is 23.7. The quantitative estimate of drug-likeness (QED) is 0.344. The number of hydrogen-bond donors (Lipinski definition) is 2. The second-order valence-electron chi connectivity index (χ2n) is 8.30. The van der Waals surface area contributed by atoms with Crippen LogP contribution in [0, 0.1) is 6.92 Å². The summed E-state index contributed by atoms with van der Waals surface area (Å²) in [4.78, 5) is 0.241. The second kappa shape index (κ2) is 11.1. The van der Waals surface area contributed by atoms with Gasteiger partial charge in [0, 0.05) is 18.4 Å². The molecule has 0 aliphatic heterocycles. The van der Waals surface area contributed by atoms with E-state index in [1.807, 2.05) is 61.7 Å². The lowest BCUT2D eigenvalue weighted by Gasteiger charge is -2.20. The zero-order valence-electron chi connectivity index (χ0n) is 19.1. The van der Waals surface area contributed by atoms with Gasteiger partial charge in [0.05, 0.1) is 23.2 Å². The number of aromatic nitrogens is 3. The van der Waals surface area contributed by atoms with Gasteiger partial charge in [0.25, 0.3) is 0 Å². The van der Waals surface area contributed by atoms with Crippen LogP contribution in [0.5, 0.6) is 0 Å². The minimum atomic E-state index is -3.69. The van der Waals surface area contributed by atoms with Gasteiger partial charge in [-0.25, -0.2) is 13.1 Å². The van der Waals surface area contributed by atoms with Gasteiger partial charge in [-0.15, -0.1) is 5.10 Å². The highest BCUT2D eigenvalue weighted by Gasteiger charge is 2.21. The van der Waals surface area contributed by atoms with E-state index in [-0.39, 0.29) is 4.90 Å². The van der Waals surface area contributed by atoms with Crippen LogP contribution in [0.2, 0.25) is 0 Å². The van der Waals surface area contributed by atoms with Crippen molar-refractivity contribution in [3.05, 3.63) is 108 Å². The minimum absolute atomic E-state index is 0.241. The van der Waals surface area contributed by atoms with E-state index >= 15 is 0 Å². The number of para-hydroxylation sites is 1. The van der Waals surface area contributed by atoms with Crippen LogP contribution in [0.15, 0.2) is 96.0 Å². The highest BCUT2D eigenvalue weighted by molar-refractivity contribution is 7.89. The lowest BCUT2D eigenvalue weighted by atomic mass is 10.1. The maximum absolute atomic E-state index is 13.0. The SMILES string of the molecule is Cc1ccc(S(=O)(=O)N[C@@H](CNc2ccccc2)Cn2cc(CCc3ccccc3)nn2)cc1. The van der Waals surface area contributed by atoms with Crippen molar-refractivity contribution in [3.63, 3.8) is 0 Å².